The second-order valence-electron chi connectivity index (χ2n) is 9.06. The van der Waals surface area contributed by atoms with E-state index < -0.39 is 0 Å². The van der Waals surface area contributed by atoms with Gasteiger partial charge in [0.1, 0.15) is 17.1 Å². The minimum atomic E-state index is -0.185. The van der Waals surface area contributed by atoms with Crippen molar-refractivity contribution in [3.8, 4) is 22.6 Å². The number of para-hydroxylation sites is 1. The number of rotatable bonds is 8. The smallest absolute Gasteiger partial charge is 0.224 e. The molecule has 0 unspecified atom stereocenters. The normalized spacial score (nSPS) is 18.2. The number of unbranched alkanes of at least 4 members (excludes halogenated alkanes) is 1. The average molecular weight is 457 g/mol. The maximum Gasteiger partial charge on any atom is 0.224 e. The summed E-state index contributed by atoms with van der Waals surface area (Å²) in [5, 5.41) is 14.4. The standard InChI is InChI=1S/C28H32N4O2/c1-2-3-17-29-28-30-18-25-26(19-32(27(25)31-28)21-11-13-22(33)14-12-21)20-9-15-24(16-10-20)34-23-7-5-4-6-8-23/h4-10,15-16,18-19,21-22,33H,2-3,11-14,17H2,1H3,(H,29,30,31)/t21-,22-. The predicted octanol–water partition coefficient (Wildman–Crippen LogP) is 6.58. The number of benzene rings is 2. The van der Waals surface area contributed by atoms with Gasteiger partial charge in [-0.15, -0.1) is 0 Å². The van der Waals surface area contributed by atoms with E-state index in [0.717, 1.165) is 78.7 Å². The molecule has 0 saturated heterocycles. The molecule has 0 atom stereocenters. The highest BCUT2D eigenvalue weighted by Crippen LogP contribution is 2.37. The molecule has 34 heavy (non-hydrogen) atoms. The van der Waals surface area contributed by atoms with E-state index in [9.17, 15) is 5.11 Å². The summed E-state index contributed by atoms with van der Waals surface area (Å²) in [6.07, 6.45) is 9.76. The highest BCUT2D eigenvalue weighted by atomic mass is 16.5. The fraction of sp³-hybridized carbons (Fsp3) is 0.357. The minimum absolute atomic E-state index is 0.185. The van der Waals surface area contributed by atoms with Gasteiger partial charge >= 0.3 is 0 Å². The summed E-state index contributed by atoms with van der Waals surface area (Å²) in [5.74, 6) is 2.30. The van der Waals surface area contributed by atoms with Crippen LogP contribution in [0.15, 0.2) is 67.0 Å². The van der Waals surface area contributed by atoms with Crippen LogP contribution in [0.1, 0.15) is 51.5 Å². The van der Waals surface area contributed by atoms with Gasteiger partial charge in [0.2, 0.25) is 5.95 Å². The third-order valence-electron chi connectivity index (χ3n) is 6.59. The van der Waals surface area contributed by atoms with Crippen molar-refractivity contribution in [2.24, 2.45) is 0 Å². The number of nitrogens with zero attached hydrogens (tertiary/aromatic N) is 3. The number of aliphatic hydroxyl groups excluding tert-OH is 1. The van der Waals surface area contributed by atoms with Crippen LogP contribution in [0.5, 0.6) is 11.5 Å². The highest BCUT2D eigenvalue weighted by Gasteiger charge is 2.24. The van der Waals surface area contributed by atoms with E-state index in [1.807, 2.05) is 48.7 Å². The number of anilines is 1. The lowest BCUT2D eigenvalue weighted by Gasteiger charge is -2.27. The molecule has 4 aromatic rings. The van der Waals surface area contributed by atoms with Gasteiger partial charge in [0.15, 0.2) is 0 Å². The van der Waals surface area contributed by atoms with Crippen LogP contribution in [0.2, 0.25) is 0 Å². The minimum Gasteiger partial charge on any atom is -0.457 e. The monoisotopic (exact) mass is 456 g/mol. The molecule has 0 bridgehead atoms. The fourth-order valence-electron chi connectivity index (χ4n) is 4.66. The predicted molar refractivity (Wildman–Crippen MR) is 136 cm³/mol. The molecule has 0 spiro atoms. The number of aliphatic hydroxyl groups is 1. The Hall–Kier alpha value is -3.38. The van der Waals surface area contributed by atoms with Crippen LogP contribution in [0.25, 0.3) is 22.2 Å². The van der Waals surface area contributed by atoms with Gasteiger partial charge in [0.05, 0.1) is 6.10 Å². The first kappa shape index (κ1) is 22.4. The molecule has 6 nitrogen and oxygen atoms in total. The molecule has 1 aliphatic rings. The van der Waals surface area contributed by atoms with E-state index >= 15 is 0 Å². The zero-order chi connectivity index (χ0) is 23.3. The molecule has 0 amide bonds. The Kier molecular flexibility index (Phi) is 6.77. The molecule has 0 radical (unpaired) electrons. The molecule has 1 aliphatic carbocycles. The zero-order valence-corrected chi connectivity index (χ0v) is 19.7. The van der Waals surface area contributed by atoms with Crippen molar-refractivity contribution in [1.29, 1.82) is 0 Å². The number of ether oxygens (including phenoxy) is 1. The molecular formula is C28H32N4O2. The van der Waals surface area contributed by atoms with Crippen LogP contribution >= 0.6 is 0 Å². The molecule has 1 saturated carbocycles. The summed E-state index contributed by atoms with van der Waals surface area (Å²) in [7, 11) is 0. The molecule has 2 heterocycles. The van der Waals surface area contributed by atoms with Gasteiger partial charge in [0, 0.05) is 35.9 Å². The molecule has 176 valence electrons. The van der Waals surface area contributed by atoms with E-state index in [2.05, 4.69) is 40.1 Å². The van der Waals surface area contributed by atoms with Crippen LogP contribution in [-0.4, -0.2) is 32.3 Å². The number of aromatic nitrogens is 3. The van der Waals surface area contributed by atoms with E-state index in [4.69, 9.17) is 9.72 Å². The average Bonchev–Trinajstić information content (AvgIpc) is 3.25. The number of fused-ring (bicyclic) bond motifs is 1. The Balaban J connectivity index is 1.47. The molecule has 2 aromatic carbocycles. The van der Waals surface area contributed by atoms with Gasteiger partial charge in [-0.3, -0.25) is 0 Å². The largest absolute Gasteiger partial charge is 0.457 e. The first-order valence-corrected chi connectivity index (χ1v) is 12.3. The van der Waals surface area contributed by atoms with Crippen molar-refractivity contribution in [2.45, 2.75) is 57.6 Å². The lowest BCUT2D eigenvalue weighted by Crippen LogP contribution is -2.21. The first-order valence-electron chi connectivity index (χ1n) is 12.3. The Labute approximate surface area is 200 Å². The van der Waals surface area contributed by atoms with E-state index in [0.29, 0.717) is 12.0 Å². The number of nitrogens with one attached hydrogen (secondary N) is 1. The molecule has 5 rings (SSSR count). The summed E-state index contributed by atoms with van der Waals surface area (Å²) < 4.78 is 8.27. The van der Waals surface area contributed by atoms with Crippen LogP contribution in [-0.2, 0) is 0 Å². The first-order chi connectivity index (χ1) is 16.7. The van der Waals surface area contributed by atoms with Crippen molar-refractivity contribution in [2.75, 3.05) is 11.9 Å². The summed E-state index contributed by atoms with van der Waals surface area (Å²) in [6.45, 7) is 3.05. The Morgan fingerprint density at radius 2 is 1.74 bits per heavy atom. The maximum absolute atomic E-state index is 10.0. The van der Waals surface area contributed by atoms with Gasteiger partial charge in [-0.2, -0.15) is 4.98 Å². The third-order valence-corrected chi connectivity index (χ3v) is 6.59. The second kappa shape index (κ2) is 10.3. The Morgan fingerprint density at radius 1 is 1.00 bits per heavy atom. The molecule has 2 aromatic heterocycles. The zero-order valence-electron chi connectivity index (χ0n) is 19.7. The topological polar surface area (TPSA) is 72.2 Å². The summed E-state index contributed by atoms with van der Waals surface area (Å²) in [4.78, 5) is 9.52. The van der Waals surface area contributed by atoms with Crippen molar-refractivity contribution in [3.05, 3.63) is 67.0 Å². The van der Waals surface area contributed by atoms with E-state index in [1.54, 1.807) is 0 Å². The number of hydrogen-bond donors (Lipinski definition) is 2. The lowest BCUT2D eigenvalue weighted by atomic mass is 9.93. The van der Waals surface area contributed by atoms with Crippen molar-refractivity contribution in [1.82, 2.24) is 14.5 Å². The van der Waals surface area contributed by atoms with Gasteiger partial charge in [-0.05, 0) is 61.9 Å². The van der Waals surface area contributed by atoms with Gasteiger partial charge in [-0.25, -0.2) is 4.98 Å². The molecular weight excluding hydrogens is 424 g/mol. The number of hydrogen-bond acceptors (Lipinski definition) is 5. The maximum atomic E-state index is 10.0. The van der Waals surface area contributed by atoms with Crippen LogP contribution in [0.4, 0.5) is 5.95 Å². The summed E-state index contributed by atoms with van der Waals surface area (Å²) in [6, 6.07) is 18.3. The second-order valence-corrected chi connectivity index (χ2v) is 9.06. The van der Waals surface area contributed by atoms with Crippen LogP contribution in [0.3, 0.4) is 0 Å². The Morgan fingerprint density at radius 3 is 2.47 bits per heavy atom. The molecule has 6 heteroatoms. The highest BCUT2D eigenvalue weighted by molar-refractivity contribution is 5.94. The Bertz CT molecular complexity index is 1210. The van der Waals surface area contributed by atoms with Crippen LogP contribution in [0, 0.1) is 0 Å². The molecule has 2 N–H and O–H groups in total. The summed E-state index contributed by atoms with van der Waals surface area (Å²) >= 11 is 0. The molecule has 0 aliphatic heterocycles. The lowest BCUT2D eigenvalue weighted by molar-refractivity contribution is 0.111. The summed E-state index contributed by atoms with van der Waals surface area (Å²) in [5.41, 5.74) is 3.18. The van der Waals surface area contributed by atoms with Crippen LogP contribution < -0.4 is 10.1 Å². The van der Waals surface area contributed by atoms with Crippen molar-refractivity contribution >= 4 is 17.0 Å². The van der Waals surface area contributed by atoms with Crippen molar-refractivity contribution in [3.63, 3.8) is 0 Å². The van der Waals surface area contributed by atoms with Crippen molar-refractivity contribution < 1.29 is 9.84 Å². The molecule has 1 fully saturated rings. The van der Waals surface area contributed by atoms with Gasteiger partial charge in [-0.1, -0.05) is 43.7 Å². The van der Waals surface area contributed by atoms with E-state index in [1.165, 1.54) is 0 Å². The third kappa shape index (κ3) is 4.92. The quantitative estimate of drug-likeness (QED) is 0.293. The van der Waals surface area contributed by atoms with Gasteiger partial charge in [0.25, 0.3) is 0 Å². The van der Waals surface area contributed by atoms with E-state index in [-0.39, 0.29) is 6.10 Å². The SMILES string of the molecule is CCCCNc1ncc2c(-c3ccc(Oc4ccccc4)cc3)cn([C@H]3CC[C@H](O)CC3)c2n1. The van der Waals surface area contributed by atoms with Gasteiger partial charge < -0.3 is 19.7 Å². The fourth-order valence-corrected chi connectivity index (χ4v) is 4.66.